The smallest absolute Gasteiger partial charge is 0.409 e. The molecule has 0 bridgehead atoms. The number of thiophene rings is 1. The second-order valence-electron chi connectivity index (χ2n) is 6.99. The summed E-state index contributed by atoms with van der Waals surface area (Å²) in [6.07, 6.45) is 0.370. The molecule has 0 radical (unpaired) electrons. The van der Waals surface area contributed by atoms with E-state index in [1.165, 1.54) is 18.4 Å². The molecule has 1 atom stereocenters. The predicted molar refractivity (Wildman–Crippen MR) is 108 cm³/mol. The Morgan fingerprint density at radius 3 is 2.82 bits per heavy atom. The van der Waals surface area contributed by atoms with Gasteiger partial charge in [-0.15, -0.1) is 11.3 Å². The minimum Gasteiger partial charge on any atom is -0.453 e. The van der Waals surface area contributed by atoms with Crippen LogP contribution in [0.1, 0.15) is 27.3 Å². The maximum absolute atomic E-state index is 12.8. The van der Waals surface area contributed by atoms with Gasteiger partial charge in [0.05, 0.1) is 23.4 Å². The Hall–Kier alpha value is -2.87. The van der Waals surface area contributed by atoms with Crippen molar-refractivity contribution in [2.24, 2.45) is 0 Å². The Bertz CT molecular complexity index is 1060. The van der Waals surface area contributed by atoms with Crippen LogP contribution in [0.2, 0.25) is 0 Å². The Balaban J connectivity index is 1.57. The van der Waals surface area contributed by atoms with Crippen molar-refractivity contribution in [2.75, 3.05) is 20.2 Å². The van der Waals surface area contributed by atoms with Crippen molar-refractivity contribution in [3.8, 4) is 5.69 Å². The van der Waals surface area contributed by atoms with E-state index in [-0.39, 0.29) is 18.0 Å². The molecule has 1 unspecified atom stereocenters. The number of nitrogens with zero attached hydrogens (tertiary/aromatic N) is 3. The molecule has 28 heavy (non-hydrogen) atoms. The minimum atomic E-state index is -0.354. The van der Waals surface area contributed by atoms with E-state index in [0.29, 0.717) is 18.0 Å². The van der Waals surface area contributed by atoms with Crippen LogP contribution in [0.3, 0.4) is 0 Å². The fourth-order valence-corrected chi connectivity index (χ4v) is 4.63. The van der Waals surface area contributed by atoms with E-state index < -0.39 is 0 Å². The Labute approximate surface area is 166 Å². The Kier molecular flexibility index (Phi) is 4.80. The number of para-hydroxylation sites is 1. The van der Waals surface area contributed by atoms with Crippen LogP contribution in [0.5, 0.6) is 0 Å². The topological polar surface area (TPSA) is 76.5 Å². The van der Waals surface area contributed by atoms with Crippen LogP contribution in [-0.2, 0) is 4.74 Å². The van der Waals surface area contributed by atoms with Gasteiger partial charge in [0.15, 0.2) is 0 Å². The largest absolute Gasteiger partial charge is 0.453 e. The maximum Gasteiger partial charge on any atom is 0.409 e. The highest BCUT2D eigenvalue weighted by molar-refractivity contribution is 7.20. The summed E-state index contributed by atoms with van der Waals surface area (Å²) in [4.78, 5) is 27.6. The number of ether oxygens (including phenoxy) is 1. The van der Waals surface area contributed by atoms with Gasteiger partial charge in [0.2, 0.25) is 0 Å². The highest BCUT2D eigenvalue weighted by Gasteiger charge is 2.28. The number of hydrogen-bond acceptors (Lipinski definition) is 5. The SMILES string of the molecule is COC(=O)N1CCC(NC(=O)c2cc3c(C)nn(-c4ccccc4C)c3s2)C1. The molecule has 4 rings (SSSR count). The first-order chi connectivity index (χ1) is 13.5. The summed E-state index contributed by atoms with van der Waals surface area (Å²) >= 11 is 1.43. The van der Waals surface area contributed by atoms with E-state index in [9.17, 15) is 9.59 Å². The molecule has 1 fully saturated rings. The van der Waals surface area contributed by atoms with Crippen LogP contribution >= 0.6 is 11.3 Å². The number of carbonyl (C=O) groups excluding carboxylic acids is 2. The molecule has 1 aromatic carbocycles. The first-order valence-corrected chi connectivity index (χ1v) is 9.98. The van der Waals surface area contributed by atoms with Crippen molar-refractivity contribution in [3.05, 3.63) is 46.5 Å². The van der Waals surface area contributed by atoms with Crippen molar-refractivity contribution in [2.45, 2.75) is 26.3 Å². The minimum absolute atomic E-state index is 0.0641. The van der Waals surface area contributed by atoms with E-state index >= 15 is 0 Å². The van der Waals surface area contributed by atoms with Gasteiger partial charge in [-0.3, -0.25) is 4.79 Å². The second kappa shape index (κ2) is 7.27. The lowest BCUT2D eigenvalue weighted by Crippen LogP contribution is -2.38. The molecule has 146 valence electrons. The van der Waals surface area contributed by atoms with Crippen molar-refractivity contribution in [1.29, 1.82) is 0 Å². The number of methoxy groups -OCH3 is 1. The molecule has 3 aromatic rings. The fraction of sp³-hybridized carbons (Fsp3) is 0.350. The molecule has 0 saturated carbocycles. The van der Waals surface area contributed by atoms with E-state index in [1.54, 1.807) is 4.90 Å². The lowest BCUT2D eigenvalue weighted by Gasteiger charge is -2.15. The van der Waals surface area contributed by atoms with E-state index in [0.717, 1.165) is 33.6 Å². The summed E-state index contributed by atoms with van der Waals surface area (Å²) in [5.74, 6) is -0.117. The normalized spacial score (nSPS) is 16.5. The summed E-state index contributed by atoms with van der Waals surface area (Å²) in [7, 11) is 1.37. The zero-order valence-electron chi connectivity index (χ0n) is 16.1. The number of carbonyl (C=O) groups is 2. The van der Waals surface area contributed by atoms with Gasteiger partial charge in [0.25, 0.3) is 5.91 Å². The molecule has 1 N–H and O–H groups in total. The van der Waals surface area contributed by atoms with Crippen LogP contribution < -0.4 is 5.32 Å². The number of aromatic nitrogens is 2. The standard InChI is InChI=1S/C20H22N4O3S/c1-12-6-4-5-7-16(12)24-19-15(13(2)22-24)10-17(28-19)18(25)21-14-8-9-23(11-14)20(26)27-3/h4-7,10,14H,8-9,11H2,1-3H3,(H,21,25). The van der Waals surface area contributed by atoms with Crippen molar-refractivity contribution in [1.82, 2.24) is 20.0 Å². The third kappa shape index (κ3) is 3.24. The first-order valence-electron chi connectivity index (χ1n) is 9.17. The third-order valence-electron chi connectivity index (χ3n) is 5.07. The number of amides is 2. The van der Waals surface area contributed by atoms with Gasteiger partial charge in [0, 0.05) is 24.5 Å². The molecule has 0 aliphatic carbocycles. The quantitative estimate of drug-likeness (QED) is 0.735. The van der Waals surface area contributed by atoms with Crippen LogP contribution in [0.4, 0.5) is 4.79 Å². The van der Waals surface area contributed by atoms with Crippen molar-refractivity contribution in [3.63, 3.8) is 0 Å². The molecule has 1 saturated heterocycles. The summed E-state index contributed by atoms with van der Waals surface area (Å²) < 4.78 is 6.66. The number of aryl methyl sites for hydroxylation is 2. The van der Waals surface area contributed by atoms with Gasteiger partial charge in [-0.25, -0.2) is 9.48 Å². The molecule has 1 aliphatic rings. The van der Waals surface area contributed by atoms with Gasteiger partial charge >= 0.3 is 6.09 Å². The van der Waals surface area contributed by atoms with Crippen LogP contribution in [0.25, 0.3) is 15.9 Å². The Morgan fingerprint density at radius 1 is 1.29 bits per heavy atom. The summed E-state index contributed by atoms with van der Waals surface area (Å²) in [6.45, 7) is 5.06. The van der Waals surface area contributed by atoms with E-state index in [1.807, 2.05) is 48.9 Å². The summed E-state index contributed by atoms with van der Waals surface area (Å²) in [5, 5.41) is 8.68. The van der Waals surface area contributed by atoms with Gasteiger partial charge in [-0.05, 0) is 38.0 Å². The number of rotatable bonds is 3. The summed E-state index contributed by atoms with van der Waals surface area (Å²) in [5.41, 5.74) is 3.03. The van der Waals surface area contributed by atoms with Crippen molar-refractivity contribution >= 4 is 33.6 Å². The third-order valence-corrected chi connectivity index (χ3v) is 6.18. The average Bonchev–Trinajstić information content (AvgIpc) is 3.39. The molecule has 7 nitrogen and oxygen atoms in total. The molecule has 3 heterocycles. The number of nitrogens with one attached hydrogen (secondary N) is 1. The van der Waals surface area contributed by atoms with E-state index in [2.05, 4.69) is 10.4 Å². The van der Waals surface area contributed by atoms with Gasteiger partial charge in [0.1, 0.15) is 4.83 Å². The highest BCUT2D eigenvalue weighted by Crippen LogP contribution is 2.31. The lowest BCUT2D eigenvalue weighted by atomic mass is 10.2. The monoisotopic (exact) mass is 398 g/mol. The molecule has 1 aliphatic heterocycles. The zero-order chi connectivity index (χ0) is 19.8. The van der Waals surface area contributed by atoms with Gasteiger partial charge in [-0.1, -0.05) is 18.2 Å². The predicted octanol–water partition coefficient (Wildman–Crippen LogP) is 3.27. The lowest BCUT2D eigenvalue weighted by molar-refractivity contribution is 0.0938. The zero-order valence-corrected chi connectivity index (χ0v) is 16.9. The maximum atomic E-state index is 12.8. The first kappa shape index (κ1) is 18.5. The summed E-state index contributed by atoms with van der Waals surface area (Å²) in [6, 6.07) is 9.90. The van der Waals surface area contributed by atoms with Crippen LogP contribution in [-0.4, -0.2) is 52.9 Å². The molecule has 0 spiro atoms. The van der Waals surface area contributed by atoms with Gasteiger partial charge in [-0.2, -0.15) is 5.10 Å². The Morgan fingerprint density at radius 2 is 2.07 bits per heavy atom. The number of likely N-dealkylation sites (tertiary alicyclic amines) is 1. The van der Waals surface area contributed by atoms with Crippen molar-refractivity contribution < 1.29 is 14.3 Å². The molecule has 2 aromatic heterocycles. The molecule has 2 amide bonds. The van der Waals surface area contributed by atoms with Crippen LogP contribution in [0.15, 0.2) is 30.3 Å². The van der Waals surface area contributed by atoms with Crippen LogP contribution in [0, 0.1) is 13.8 Å². The van der Waals surface area contributed by atoms with Gasteiger partial charge < -0.3 is 15.0 Å². The number of benzene rings is 1. The molecular weight excluding hydrogens is 376 g/mol. The number of hydrogen-bond donors (Lipinski definition) is 1. The average molecular weight is 398 g/mol. The number of fused-ring (bicyclic) bond motifs is 1. The fourth-order valence-electron chi connectivity index (χ4n) is 3.55. The highest BCUT2D eigenvalue weighted by atomic mass is 32.1. The molecule has 8 heteroatoms. The van der Waals surface area contributed by atoms with E-state index in [4.69, 9.17) is 4.74 Å². The molecular formula is C20H22N4O3S. The second-order valence-corrected chi connectivity index (χ2v) is 8.02.